The third kappa shape index (κ3) is 2.11. The summed E-state index contributed by atoms with van der Waals surface area (Å²) in [6.45, 7) is 1.64. The normalized spacial score (nSPS) is 12.8. The summed E-state index contributed by atoms with van der Waals surface area (Å²) < 4.78 is 28.0. The molecule has 0 aliphatic carbocycles. The molecular weight excluding hydrogens is 262 g/mol. The topological polar surface area (TPSA) is 38.0 Å². The Bertz CT molecular complexity index is 598. The fraction of sp³-hybridized carbons (Fsp3) is 0.250. The van der Waals surface area contributed by atoms with Crippen molar-refractivity contribution in [1.29, 1.82) is 0 Å². The highest BCUT2D eigenvalue weighted by atomic mass is 35.5. The van der Waals surface area contributed by atoms with E-state index < -0.39 is 17.7 Å². The molecule has 0 bridgehead atoms. The third-order valence-corrected chi connectivity index (χ3v) is 3.17. The Balaban J connectivity index is 2.54. The van der Waals surface area contributed by atoms with E-state index in [1.54, 1.807) is 14.0 Å². The fourth-order valence-electron chi connectivity index (χ4n) is 1.84. The average molecular weight is 273 g/mol. The maximum atomic E-state index is 13.6. The van der Waals surface area contributed by atoms with E-state index in [4.69, 9.17) is 11.6 Å². The lowest BCUT2D eigenvalue weighted by molar-refractivity contribution is 0.213. The minimum Gasteiger partial charge on any atom is -0.383 e. The quantitative estimate of drug-likeness (QED) is 0.913. The minimum atomic E-state index is -1.35. The van der Waals surface area contributed by atoms with Crippen molar-refractivity contribution in [3.05, 3.63) is 51.8 Å². The van der Waals surface area contributed by atoms with Crippen molar-refractivity contribution in [2.75, 3.05) is 0 Å². The van der Waals surface area contributed by atoms with Crippen molar-refractivity contribution >= 4 is 11.6 Å². The number of hydrogen-bond donors (Lipinski definition) is 1. The molecule has 3 nitrogen and oxygen atoms in total. The maximum absolute atomic E-state index is 13.6. The molecule has 0 radical (unpaired) electrons. The van der Waals surface area contributed by atoms with Crippen LogP contribution in [-0.2, 0) is 7.05 Å². The molecule has 1 unspecified atom stereocenters. The molecule has 0 fully saturated rings. The van der Waals surface area contributed by atoms with Gasteiger partial charge in [0.15, 0.2) is 0 Å². The molecule has 0 spiro atoms. The van der Waals surface area contributed by atoms with Crippen molar-refractivity contribution in [3.63, 3.8) is 0 Å². The second-order valence-corrected chi connectivity index (χ2v) is 4.34. The first kappa shape index (κ1) is 13.0. The van der Waals surface area contributed by atoms with Crippen LogP contribution in [0.15, 0.2) is 18.2 Å². The van der Waals surface area contributed by atoms with Gasteiger partial charge < -0.3 is 5.11 Å². The predicted octanol–water partition coefficient (Wildman–Crippen LogP) is 2.74. The highest BCUT2D eigenvalue weighted by Gasteiger charge is 2.23. The molecule has 1 atom stereocenters. The largest absolute Gasteiger partial charge is 0.383 e. The van der Waals surface area contributed by atoms with Gasteiger partial charge in [0.05, 0.1) is 5.69 Å². The zero-order chi connectivity index (χ0) is 13.4. The zero-order valence-corrected chi connectivity index (χ0v) is 10.5. The Labute approximate surface area is 108 Å². The molecule has 1 heterocycles. The Morgan fingerprint density at radius 3 is 2.61 bits per heavy atom. The van der Waals surface area contributed by atoms with E-state index in [1.165, 1.54) is 4.68 Å². The van der Waals surface area contributed by atoms with E-state index in [2.05, 4.69) is 5.10 Å². The number of aliphatic hydroxyl groups is 1. The van der Waals surface area contributed by atoms with Gasteiger partial charge in [-0.3, -0.25) is 4.68 Å². The molecule has 0 saturated carbocycles. The summed E-state index contributed by atoms with van der Waals surface area (Å²) in [5, 5.41) is 14.3. The molecule has 1 aromatic carbocycles. The monoisotopic (exact) mass is 272 g/mol. The van der Waals surface area contributed by atoms with Crippen molar-refractivity contribution in [2.24, 2.45) is 7.05 Å². The van der Waals surface area contributed by atoms with Crippen LogP contribution in [0, 0.1) is 18.6 Å². The molecule has 2 aromatic rings. The Morgan fingerprint density at radius 2 is 2.06 bits per heavy atom. The first-order valence-corrected chi connectivity index (χ1v) is 5.61. The summed E-state index contributed by atoms with van der Waals surface area (Å²) in [4.78, 5) is 0. The second kappa shape index (κ2) is 4.66. The summed E-state index contributed by atoms with van der Waals surface area (Å²) in [5.74, 6) is -1.31. The lowest BCUT2D eigenvalue weighted by atomic mass is 10.0. The van der Waals surface area contributed by atoms with E-state index in [0.29, 0.717) is 5.69 Å². The summed E-state index contributed by atoms with van der Waals surface area (Å²) in [6.07, 6.45) is -1.35. The van der Waals surface area contributed by atoms with Crippen LogP contribution < -0.4 is 0 Å². The van der Waals surface area contributed by atoms with Gasteiger partial charge in [-0.2, -0.15) is 5.10 Å². The van der Waals surface area contributed by atoms with Crippen molar-refractivity contribution in [2.45, 2.75) is 13.0 Å². The van der Waals surface area contributed by atoms with Gasteiger partial charge in [-0.25, -0.2) is 8.78 Å². The summed E-state index contributed by atoms with van der Waals surface area (Å²) >= 11 is 5.98. The number of hydrogen-bond acceptors (Lipinski definition) is 2. The van der Waals surface area contributed by atoms with E-state index in [-0.39, 0.29) is 16.3 Å². The van der Waals surface area contributed by atoms with Gasteiger partial charge >= 0.3 is 0 Å². The molecule has 96 valence electrons. The zero-order valence-electron chi connectivity index (χ0n) is 9.78. The molecule has 0 aliphatic heterocycles. The highest BCUT2D eigenvalue weighted by Crippen LogP contribution is 2.32. The number of halogens is 3. The molecule has 1 N–H and O–H groups in total. The Hall–Kier alpha value is -1.46. The van der Waals surface area contributed by atoms with Crippen molar-refractivity contribution in [1.82, 2.24) is 9.78 Å². The summed E-state index contributed by atoms with van der Waals surface area (Å²) in [5.41, 5.74) is 0.593. The van der Waals surface area contributed by atoms with Gasteiger partial charge in [0, 0.05) is 18.2 Å². The second-order valence-electron chi connectivity index (χ2n) is 3.98. The van der Waals surface area contributed by atoms with E-state index in [0.717, 1.165) is 18.2 Å². The molecule has 18 heavy (non-hydrogen) atoms. The molecule has 1 aromatic heterocycles. The summed E-state index contributed by atoms with van der Waals surface area (Å²) in [6, 6.07) is 2.90. The highest BCUT2D eigenvalue weighted by molar-refractivity contribution is 6.30. The van der Waals surface area contributed by atoms with Crippen LogP contribution in [-0.4, -0.2) is 14.9 Å². The standard InChI is InChI=1S/C12H11ClF2N2O/c1-6-10(12(13)17(2)16-6)11(18)8-5-7(14)3-4-9(8)15/h3-5,11,18H,1-2H3. The molecule has 0 saturated heterocycles. The van der Waals surface area contributed by atoms with Gasteiger partial charge in [0.25, 0.3) is 0 Å². The number of rotatable bonds is 2. The van der Waals surface area contributed by atoms with Crippen LogP contribution in [0.1, 0.15) is 22.9 Å². The maximum Gasteiger partial charge on any atom is 0.133 e. The minimum absolute atomic E-state index is 0.159. The smallest absolute Gasteiger partial charge is 0.133 e. The van der Waals surface area contributed by atoms with Gasteiger partial charge in [-0.1, -0.05) is 11.6 Å². The van der Waals surface area contributed by atoms with Gasteiger partial charge in [-0.15, -0.1) is 0 Å². The van der Waals surface area contributed by atoms with Crippen LogP contribution in [0.3, 0.4) is 0 Å². The lowest BCUT2D eigenvalue weighted by Crippen LogP contribution is -2.04. The van der Waals surface area contributed by atoms with Crippen LogP contribution in [0.4, 0.5) is 8.78 Å². The van der Waals surface area contributed by atoms with E-state index >= 15 is 0 Å². The fourth-order valence-corrected chi connectivity index (χ4v) is 2.11. The Morgan fingerprint density at radius 1 is 1.39 bits per heavy atom. The van der Waals surface area contributed by atoms with Crippen LogP contribution in [0.25, 0.3) is 0 Å². The number of benzene rings is 1. The average Bonchev–Trinajstić information content (AvgIpc) is 2.56. The van der Waals surface area contributed by atoms with Gasteiger partial charge in [0.2, 0.25) is 0 Å². The van der Waals surface area contributed by atoms with E-state index in [9.17, 15) is 13.9 Å². The van der Waals surface area contributed by atoms with Crippen molar-refractivity contribution < 1.29 is 13.9 Å². The number of aliphatic hydroxyl groups excluding tert-OH is 1. The third-order valence-electron chi connectivity index (χ3n) is 2.72. The van der Waals surface area contributed by atoms with Crippen molar-refractivity contribution in [3.8, 4) is 0 Å². The first-order valence-electron chi connectivity index (χ1n) is 5.23. The van der Waals surface area contributed by atoms with Crippen LogP contribution >= 0.6 is 11.6 Å². The molecule has 0 aliphatic rings. The summed E-state index contributed by atoms with van der Waals surface area (Å²) in [7, 11) is 1.60. The lowest BCUT2D eigenvalue weighted by Gasteiger charge is -2.12. The number of nitrogens with zero attached hydrogens (tertiary/aromatic N) is 2. The SMILES string of the molecule is Cc1nn(C)c(Cl)c1C(O)c1cc(F)ccc1F. The molecule has 0 amide bonds. The van der Waals surface area contributed by atoms with Gasteiger partial charge in [0.1, 0.15) is 22.9 Å². The first-order chi connectivity index (χ1) is 8.41. The van der Waals surface area contributed by atoms with E-state index in [1.807, 2.05) is 0 Å². The van der Waals surface area contributed by atoms with Crippen LogP contribution in [0.5, 0.6) is 0 Å². The Kier molecular flexibility index (Phi) is 3.36. The number of aromatic nitrogens is 2. The van der Waals surface area contributed by atoms with Crippen LogP contribution in [0.2, 0.25) is 5.15 Å². The molecule has 6 heteroatoms. The number of aryl methyl sites for hydroxylation is 2. The predicted molar refractivity (Wildman–Crippen MR) is 63.4 cm³/mol. The molecule has 2 rings (SSSR count). The molecular formula is C12H11ClF2N2O. The van der Waals surface area contributed by atoms with Gasteiger partial charge in [-0.05, 0) is 25.1 Å².